The second kappa shape index (κ2) is 6.17. The standard InChI is InChI=1S/C19H20N4OS2/c1-19(2,3)26-16-10-23-13(9-21-17(23)8-14(16)24-4)11-5-6-12-15(7-11)25-18(20)22-12/h5-10H,1-4H3,(H2,20,22). The maximum absolute atomic E-state index is 5.83. The number of aromatic nitrogens is 3. The molecular weight excluding hydrogens is 364 g/mol. The van der Waals surface area contributed by atoms with Crippen molar-refractivity contribution >= 4 is 44.1 Å². The third-order valence-corrected chi connectivity index (χ3v) is 5.90. The fourth-order valence-electron chi connectivity index (χ4n) is 2.87. The molecule has 0 amide bonds. The normalized spacial score (nSPS) is 12.2. The monoisotopic (exact) mass is 384 g/mol. The molecule has 0 atom stereocenters. The summed E-state index contributed by atoms with van der Waals surface area (Å²) in [5.74, 6) is 0.847. The van der Waals surface area contributed by atoms with Crippen molar-refractivity contribution in [1.29, 1.82) is 0 Å². The molecule has 4 aromatic rings. The van der Waals surface area contributed by atoms with Crippen LogP contribution in [0.3, 0.4) is 0 Å². The molecule has 134 valence electrons. The molecule has 0 saturated carbocycles. The van der Waals surface area contributed by atoms with Gasteiger partial charge >= 0.3 is 0 Å². The van der Waals surface area contributed by atoms with Gasteiger partial charge in [0.25, 0.3) is 0 Å². The first kappa shape index (κ1) is 17.2. The van der Waals surface area contributed by atoms with Gasteiger partial charge in [-0.25, -0.2) is 9.97 Å². The summed E-state index contributed by atoms with van der Waals surface area (Å²) in [6, 6.07) is 8.17. The zero-order valence-electron chi connectivity index (χ0n) is 15.1. The molecule has 0 radical (unpaired) electrons. The predicted molar refractivity (Wildman–Crippen MR) is 110 cm³/mol. The van der Waals surface area contributed by atoms with Gasteiger partial charge in [0.2, 0.25) is 0 Å². The van der Waals surface area contributed by atoms with E-state index in [1.54, 1.807) is 18.9 Å². The SMILES string of the molecule is COc1cc2ncc(-c3ccc4nc(N)sc4c3)n2cc1SC(C)(C)C. The number of anilines is 1. The van der Waals surface area contributed by atoms with Gasteiger partial charge in [-0.05, 0) is 12.1 Å². The van der Waals surface area contributed by atoms with Crippen LogP contribution in [0.5, 0.6) is 5.75 Å². The minimum Gasteiger partial charge on any atom is -0.495 e. The van der Waals surface area contributed by atoms with E-state index in [9.17, 15) is 0 Å². The Morgan fingerprint density at radius 3 is 2.77 bits per heavy atom. The Morgan fingerprint density at radius 2 is 2.04 bits per heavy atom. The van der Waals surface area contributed by atoms with Crippen LogP contribution < -0.4 is 10.5 Å². The number of nitrogens with zero attached hydrogens (tertiary/aromatic N) is 3. The zero-order chi connectivity index (χ0) is 18.5. The summed E-state index contributed by atoms with van der Waals surface area (Å²) in [6.45, 7) is 6.58. The van der Waals surface area contributed by atoms with E-state index in [2.05, 4.69) is 53.5 Å². The van der Waals surface area contributed by atoms with Crippen LogP contribution in [0.1, 0.15) is 20.8 Å². The van der Waals surface area contributed by atoms with Crippen LogP contribution in [-0.4, -0.2) is 26.2 Å². The smallest absolute Gasteiger partial charge is 0.181 e. The number of benzene rings is 1. The van der Waals surface area contributed by atoms with E-state index in [1.807, 2.05) is 18.3 Å². The largest absolute Gasteiger partial charge is 0.495 e. The van der Waals surface area contributed by atoms with Gasteiger partial charge in [-0.2, -0.15) is 0 Å². The summed E-state index contributed by atoms with van der Waals surface area (Å²) in [5.41, 5.74) is 9.74. The number of thioether (sulfide) groups is 1. The number of pyridine rings is 1. The average Bonchev–Trinajstić information content (AvgIpc) is 3.13. The van der Waals surface area contributed by atoms with Crippen LogP contribution in [-0.2, 0) is 0 Å². The molecule has 2 N–H and O–H groups in total. The Labute approximate surface area is 160 Å². The van der Waals surface area contributed by atoms with E-state index in [-0.39, 0.29) is 4.75 Å². The van der Waals surface area contributed by atoms with Crippen molar-refractivity contribution in [2.75, 3.05) is 12.8 Å². The summed E-state index contributed by atoms with van der Waals surface area (Å²) < 4.78 is 8.85. The van der Waals surface area contributed by atoms with E-state index in [4.69, 9.17) is 10.5 Å². The van der Waals surface area contributed by atoms with Crippen molar-refractivity contribution in [2.45, 2.75) is 30.4 Å². The molecule has 0 aliphatic carbocycles. The van der Waals surface area contributed by atoms with Crippen molar-refractivity contribution in [3.8, 4) is 17.0 Å². The third-order valence-electron chi connectivity index (χ3n) is 3.91. The molecule has 0 spiro atoms. The van der Waals surface area contributed by atoms with E-state index < -0.39 is 0 Å². The van der Waals surface area contributed by atoms with Crippen molar-refractivity contribution in [3.05, 3.63) is 36.7 Å². The summed E-state index contributed by atoms with van der Waals surface area (Å²) in [5, 5.41) is 0.587. The number of thiazole rings is 1. The van der Waals surface area contributed by atoms with Gasteiger partial charge in [-0.15, -0.1) is 11.8 Å². The fraction of sp³-hybridized carbons (Fsp3) is 0.263. The molecule has 0 aliphatic rings. The van der Waals surface area contributed by atoms with E-state index in [0.29, 0.717) is 5.13 Å². The van der Waals surface area contributed by atoms with E-state index >= 15 is 0 Å². The molecule has 0 aliphatic heterocycles. The summed E-state index contributed by atoms with van der Waals surface area (Å²) >= 11 is 3.28. The minimum absolute atomic E-state index is 0.0841. The summed E-state index contributed by atoms with van der Waals surface area (Å²) in [6.07, 6.45) is 4.00. The molecule has 1 aromatic carbocycles. The van der Waals surface area contributed by atoms with Gasteiger partial charge in [-0.1, -0.05) is 38.2 Å². The molecule has 0 bridgehead atoms. The molecular formula is C19H20N4OS2. The lowest BCUT2D eigenvalue weighted by molar-refractivity contribution is 0.404. The van der Waals surface area contributed by atoms with Gasteiger partial charge < -0.3 is 10.5 Å². The van der Waals surface area contributed by atoms with Gasteiger partial charge in [0.15, 0.2) is 5.13 Å². The van der Waals surface area contributed by atoms with E-state index in [1.165, 1.54) is 11.3 Å². The fourth-order valence-corrected chi connectivity index (χ4v) is 4.70. The van der Waals surface area contributed by atoms with Crippen LogP contribution in [0.25, 0.3) is 27.1 Å². The second-order valence-corrected chi connectivity index (χ2v) is 9.96. The summed E-state index contributed by atoms with van der Waals surface area (Å²) in [4.78, 5) is 9.98. The number of nitrogen functional groups attached to an aromatic ring is 1. The molecule has 3 aromatic heterocycles. The maximum atomic E-state index is 5.83. The lowest BCUT2D eigenvalue weighted by Crippen LogP contribution is -2.07. The van der Waals surface area contributed by atoms with Gasteiger partial charge in [0.05, 0.1) is 34.1 Å². The highest BCUT2D eigenvalue weighted by molar-refractivity contribution is 8.00. The number of hydrogen-bond donors (Lipinski definition) is 1. The zero-order valence-corrected chi connectivity index (χ0v) is 16.7. The highest BCUT2D eigenvalue weighted by Gasteiger charge is 2.18. The highest BCUT2D eigenvalue weighted by atomic mass is 32.2. The van der Waals surface area contributed by atoms with Crippen LogP contribution >= 0.6 is 23.1 Å². The van der Waals surface area contributed by atoms with Crippen LogP contribution in [0.4, 0.5) is 5.13 Å². The Hall–Kier alpha value is -2.25. The predicted octanol–water partition coefficient (Wildman–Crippen LogP) is 5.09. The molecule has 4 rings (SSSR count). The quantitative estimate of drug-likeness (QED) is 0.498. The third kappa shape index (κ3) is 3.12. The molecule has 5 nitrogen and oxygen atoms in total. The minimum atomic E-state index is 0.0841. The van der Waals surface area contributed by atoms with Gasteiger partial charge in [0.1, 0.15) is 11.4 Å². The van der Waals surface area contributed by atoms with Gasteiger partial charge in [-0.3, -0.25) is 4.40 Å². The molecule has 3 heterocycles. The van der Waals surface area contributed by atoms with Gasteiger partial charge in [0, 0.05) is 22.6 Å². The van der Waals surface area contributed by atoms with Crippen molar-refractivity contribution in [2.24, 2.45) is 0 Å². The molecule has 0 saturated heterocycles. The first-order valence-corrected chi connectivity index (χ1v) is 9.88. The van der Waals surface area contributed by atoms with Crippen molar-refractivity contribution in [1.82, 2.24) is 14.4 Å². The number of imidazole rings is 1. The number of hydrogen-bond acceptors (Lipinski definition) is 6. The lowest BCUT2D eigenvalue weighted by Gasteiger charge is -2.19. The van der Waals surface area contributed by atoms with Crippen LogP contribution in [0.2, 0.25) is 0 Å². The number of ether oxygens (including phenoxy) is 1. The number of nitrogens with two attached hydrogens (primary N) is 1. The molecule has 0 unspecified atom stereocenters. The Morgan fingerprint density at radius 1 is 1.23 bits per heavy atom. The Balaban J connectivity index is 1.87. The van der Waals surface area contributed by atoms with Crippen LogP contribution in [0, 0.1) is 0 Å². The van der Waals surface area contributed by atoms with Crippen molar-refractivity contribution < 1.29 is 4.74 Å². The first-order valence-electron chi connectivity index (χ1n) is 8.24. The van der Waals surface area contributed by atoms with Crippen LogP contribution in [0.15, 0.2) is 41.6 Å². The molecule has 7 heteroatoms. The van der Waals surface area contributed by atoms with E-state index in [0.717, 1.165) is 37.8 Å². The Bertz CT molecular complexity index is 1110. The number of methoxy groups -OCH3 is 1. The highest BCUT2D eigenvalue weighted by Crippen LogP contribution is 2.39. The second-order valence-electron chi connectivity index (χ2n) is 7.03. The average molecular weight is 385 g/mol. The molecule has 0 fully saturated rings. The number of rotatable bonds is 3. The lowest BCUT2D eigenvalue weighted by atomic mass is 10.1. The first-order chi connectivity index (χ1) is 12.3. The number of fused-ring (bicyclic) bond motifs is 2. The maximum Gasteiger partial charge on any atom is 0.181 e. The Kier molecular flexibility index (Phi) is 4.08. The molecule has 26 heavy (non-hydrogen) atoms. The topological polar surface area (TPSA) is 65.4 Å². The summed E-state index contributed by atoms with van der Waals surface area (Å²) in [7, 11) is 1.70. The van der Waals surface area contributed by atoms with Crippen molar-refractivity contribution in [3.63, 3.8) is 0 Å².